The van der Waals surface area contributed by atoms with E-state index in [1.165, 1.54) is 17.5 Å². The molecular formula is C22H24N4O2. The molecule has 1 fully saturated rings. The number of rotatable bonds is 4. The first kappa shape index (κ1) is 17.2. The maximum Gasteiger partial charge on any atom is 0.225 e. The molecule has 5 rings (SSSR count). The number of aromatic nitrogens is 2. The van der Waals surface area contributed by atoms with Crippen molar-refractivity contribution in [1.29, 1.82) is 0 Å². The van der Waals surface area contributed by atoms with E-state index in [4.69, 9.17) is 4.42 Å². The molecule has 0 bridgehead atoms. The van der Waals surface area contributed by atoms with E-state index in [-0.39, 0.29) is 11.9 Å². The molecule has 1 aromatic carbocycles. The molecule has 3 heterocycles. The summed E-state index contributed by atoms with van der Waals surface area (Å²) in [7, 11) is 0. The zero-order chi connectivity index (χ0) is 18.9. The topological polar surface area (TPSA) is 71.3 Å². The smallest absolute Gasteiger partial charge is 0.225 e. The number of amides is 1. The van der Waals surface area contributed by atoms with Gasteiger partial charge in [-0.05, 0) is 61.4 Å². The zero-order valence-corrected chi connectivity index (χ0v) is 15.9. The Morgan fingerprint density at radius 3 is 2.86 bits per heavy atom. The van der Waals surface area contributed by atoms with Crippen molar-refractivity contribution in [2.75, 3.05) is 18.0 Å². The van der Waals surface area contributed by atoms with Crippen molar-refractivity contribution in [3.63, 3.8) is 0 Å². The van der Waals surface area contributed by atoms with Gasteiger partial charge in [0.05, 0.1) is 12.7 Å². The molecule has 1 aliphatic heterocycles. The Bertz CT molecular complexity index is 998. The van der Waals surface area contributed by atoms with Crippen molar-refractivity contribution in [3.8, 4) is 0 Å². The van der Waals surface area contributed by atoms with E-state index in [2.05, 4.69) is 32.3 Å². The van der Waals surface area contributed by atoms with E-state index in [1.807, 2.05) is 6.07 Å². The minimum absolute atomic E-state index is 0.0454. The van der Waals surface area contributed by atoms with Crippen LogP contribution in [0, 0.1) is 0 Å². The van der Waals surface area contributed by atoms with E-state index in [0.717, 1.165) is 61.3 Å². The van der Waals surface area contributed by atoms with Crippen LogP contribution in [0.15, 0.2) is 41.3 Å². The number of carbonyl (C=O) groups excluding carboxylic acids is 1. The number of nitrogens with zero attached hydrogens (tertiary/aromatic N) is 3. The third-order valence-electron chi connectivity index (χ3n) is 5.84. The number of hydrogen-bond acceptors (Lipinski definition) is 5. The lowest BCUT2D eigenvalue weighted by Crippen LogP contribution is -2.48. The van der Waals surface area contributed by atoms with Crippen molar-refractivity contribution in [3.05, 3.63) is 53.5 Å². The van der Waals surface area contributed by atoms with E-state index in [0.29, 0.717) is 6.42 Å². The van der Waals surface area contributed by atoms with Gasteiger partial charge in [-0.2, -0.15) is 0 Å². The number of carbonyl (C=O) groups is 1. The molecule has 3 aromatic rings. The minimum Gasteiger partial charge on any atom is -0.464 e. The normalized spacial score (nSPS) is 19.0. The van der Waals surface area contributed by atoms with E-state index >= 15 is 0 Å². The quantitative estimate of drug-likeness (QED) is 0.758. The Hall–Kier alpha value is -2.89. The molecule has 6 heteroatoms. The summed E-state index contributed by atoms with van der Waals surface area (Å²) in [5.74, 6) is 0.778. The molecule has 2 aromatic heterocycles. The highest BCUT2D eigenvalue weighted by Crippen LogP contribution is 2.30. The minimum atomic E-state index is 0.0454. The van der Waals surface area contributed by atoms with Crippen LogP contribution in [-0.4, -0.2) is 35.0 Å². The second-order valence-corrected chi connectivity index (χ2v) is 7.81. The fourth-order valence-electron chi connectivity index (χ4n) is 4.47. The van der Waals surface area contributed by atoms with E-state index in [9.17, 15) is 4.79 Å². The maximum absolute atomic E-state index is 12.7. The van der Waals surface area contributed by atoms with Gasteiger partial charge in [0.1, 0.15) is 5.58 Å². The first-order chi connectivity index (χ1) is 13.8. The molecule has 28 heavy (non-hydrogen) atoms. The van der Waals surface area contributed by atoms with Gasteiger partial charge >= 0.3 is 0 Å². The first-order valence-electron chi connectivity index (χ1n) is 10.1. The second-order valence-electron chi connectivity index (χ2n) is 7.81. The fraction of sp³-hybridized carbons (Fsp3) is 0.409. The molecule has 0 saturated carbocycles. The summed E-state index contributed by atoms with van der Waals surface area (Å²) in [4.78, 5) is 23.5. The highest BCUT2D eigenvalue weighted by Gasteiger charge is 2.24. The van der Waals surface area contributed by atoms with Crippen LogP contribution in [0.2, 0.25) is 0 Å². The summed E-state index contributed by atoms with van der Waals surface area (Å²) in [5.41, 5.74) is 4.67. The lowest BCUT2D eigenvalue weighted by Gasteiger charge is -2.33. The molecule has 1 N–H and O–H groups in total. The van der Waals surface area contributed by atoms with Crippen molar-refractivity contribution in [2.45, 2.75) is 44.6 Å². The Morgan fingerprint density at radius 1 is 1.18 bits per heavy atom. The molecule has 1 saturated heterocycles. The van der Waals surface area contributed by atoms with Gasteiger partial charge in [-0.15, -0.1) is 0 Å². The molecule has 1 atom stereocenters. The summed E-state index contributed by atoms with van der Waals surface area (Å²) in [5, 5.41) is 4.28. The average Bonchev–Trinajstić information content (AvgIpc) is 3.34. The Morgan fingerprint density at radius 2 is 2.00 bits per heavy atom. The molecule has 2 aliphatic rings. The van der Waals surface area contributed by atoms with Crippen molar-refractivity contribution in [2.24, 2.45) is 0 Å². The zero-order valence-electron chi connectivity index (χ0n) is 15.9. The summed E-state index contributed by atoms with van der Waals surface area (Å²) in [6, 6.07) is 6.31. The summed E-state index contributed by atoms with van der Waals surface area (Å²) in [6.07, 6.45) is 11.1. The van der Waals surface area contributed by atoms with Crippen LogP contribution in [0.1, 0.15) is 36.0 Å². The van der Waals surface area contributed by atoms with Gasteiger partial charge in [-0.25, -0.2) is 9.97 Å². The van der Waals surface area contributed by atoms with Gasteiger partial charge in [0.2, 0.25) is 11.9 Å². The highest BCUT2D eigenvalue weighted by molar-refractivity contribution is 5.88. The standard InChI is InChI=1S/C22H24N4O2/c27-21(25-18-6-2-9-26(13-18)22-23-7-3-8-24-22)12-17-14-28-20-11-16-5-1-4-15(16)10-19(17)20/h3,7-8,10-11,14,18H,1-2,4-6,9,12-13H2,(H,25,27). The third-order valence-corrected chi connectivity index (χ3v) is 5.84. The van der Waals surface area contributed by atoms with Gasteiger partial charge in [0.15, 0.2) is 0 Å². The van der Waals surface area contributed by atoms with Gasteiger partial charge in [0.25, 0.3) is 0 Å². The van der Waals surface area contributed by atoms with Crippen LogP contribution in [-0.2, 0) is 24.1 Å². The van der Waals surface area contributed by atoms with Crippen LogP contribution in [0.4, 0.5) is 5.95 Å². The molecule has 0 radical (unpaired) electrons. The number of hydrogen-bond donors (Lipinski definition) is 1. The highest BCUT2D eigenvalue weighted by atomic mass is 16.3. The molecule has 6 nitrogen and oxygen atoms in total. The van der Waals surface area contributed by atoms with Gasteiger partial charge in [-0.3, -0.25) is 4.79 Å². The van der Waals surface area contributed by atoms with Gasteiger partial charge < -0.3 is 14.6 Å². The Balaban J connectivity index is 1.26. The van der Waals surface area contributed by atoms with Crippen LogP contribution in [0.5, 0.6) is 0 Å². The van der Waals surface area contributed by atoms with E-state index in [1.54, 1.807) is 18.7 Å². The monoisotopic (exact) mass is 376 g/mol. The lowest BCUT2D eigenvalue weighted by atomic mass is 10.0. The largest absolute Gasteiger partial charge is 0.464 e. The lowest BCUT2D eigenvalue weighted by molar-refractivity contribution is -0.121. The Kier molecular flexibility index (Phi) is 4.47. The SMILES string of the molecule is O=C(Cc1coc2cc3c(cc12)CCC3)NC1CCCN(c2ncccn2)C1. The van der Waals surface area contributed by atoms with Crippen molar-refractivity contribution >= 4 is 22.8 Å². The number of aryl methyl sites for hydroxylation is 2. The maximum atomic E-state index is 12.7. The number of fused-ring (bicyclic) bond motifs is 2. The molecular weight excluding hydrogens is 352 g/mol. The number of furan rings is 1. The summed E-state index contributed by atoms with van der Waals surface area (Å²) >= 11 is 0. The summed E-state index contributed by atoms with van der Waals surface area (Å²) < 4.78 is 5.74. The van der Waals surface area contributed by atoms with Gasteiger partial charge in [0, 0.05) is 42.5 Å². The number of nitrogens with one attached hydrogen (secondary N) is 1. The number of anilines is 1. The van der Waals surface area contributed by atoms with Crippen LogP contribution in [0.3, 0.4) is 0 Å². The third kappa shape index (κ3) is 3.35. The number of piperidine rings is 1. The number of benzene rings is 1. The average molecular weight is 376 g/mol. The molecule has 1 unspecified atom stereocenters. The second kappa shape index (κ2) is 7.26. The van der Waals surface area contributed by atoms with Crippen molar-refractivity contribution in [1.82, 2.24) is 15.3 Å². The molecule has 1 amide bonds. The molecule has 144 valence electrons. The summed E-state index contributed by atoms with van der Waals surface area (Å²) in [6.45, 7) is 1.67. The van der Waals surface area contributed by atoms with Gasteiger partial charge in [-0.1, -0.05) is 0 Å². The van der Waals surface area contributed by atoms with E-state index < -0.39 is 0 Å². The van der Waals surface area contributed by atoms with Crippen molar-refractivity contribution < 1.29 is 9.21 Å². The molecule has 0 spiro atoms. The Labute approximate surface area is 164 Å². The predicted octanol–water partition coefficient (Wildman–Crippen LogP) is 3.04. The first-order valence-corrected chi connectivity index (χ1v) is 10.1. The fourth-order valence-corrected chi connectivity index (χ4v) is 4.47. The van der Waals surface area contributed by atoms with Crippen LogP contribution >= 0.6 is 0 Å². The van der Waals surface area contributed by atoms with Crippen LogP contribution in [0.25, 0.3) is 11.0 Å². The molecule has 1 aliphatic carbocycles. The van der Waals surface area contributed by atoms with Crippen LogP contribution < -0.4 is 10.2 Å². The predicted molar refractivity (Wildman–Crippen MR) is 107 cm³/mol.